The average molecular weight is 393 g/mol. The molecule has 28 heavy (non-hydrogen) atoms. The van der Waals surface area contributed by atoms with Gasteiger partial charge in [-0.2, -0.15) is 0 Å². The van der Waals surface area contributed by atoms with Crippen LogP contribution in [0.3, 0.4) is 0 Å². The monoisotopic (exact) mass is 392 g/mol. The Kier molecular flexibility index (Phi) is 13.4. The van der Waals surface area contributed by atoms with Crippen molar-refractivity contribution in [1.82, 2.24) is 9.55 Å². The van der Waals surface area contributed by atoms with E-state index in [0.29, 0.717) is 12.7 Å². The van der Waals surface area contributed by atoms with Crippen LogP contribution in [0.1, 0.15) is 103 Å². The van der Waals surface area contributed by atoms with E-state index in [-0.39, 0.29) is 6.10 Å². The lowest BCUT2D eigenvalue weighted by Gasteiger charge is -2.25. The molecular formula is C24H44N2O2. The molecular weight excluding hydrogens is 348 g/mol. The standard InChI is InChI=1S/C24H44N2O2/c1-2-3-4-5-6-7-8-9-10-14-19-27-24(20-26-18-17-25-22-26)21-28-23-15-12-11-13-16-23/h17-18,22-24H,2-16,19-21H2,1H3. The van der Waals surface area contributed by atoms with Crippen LogP contribution < -0.4 is 0 Å². The SMILES string of the molecule is CCCCCCCCCCCCOC(COC1CCCCC1)Cn1ccnc1. The molecule has 4 heteroatoms. The third-order valence-corrected chi connectivity index (χ3v) is 5.90. The van der Waals surface area contributed by atoms with Crippen molar-refractivity contribution in [3.63, 3.8) is 0 Å². The quantitative estimate of drug-likeness (QED) is 0.282. The second-order valence-corrected chi connectivity index (χ2v) is 8.53. The lowest BCUT2D eigenvalue weighted by Crippen LogP contribution is -2.29. The van der Waals surface area contributed by atoms with E-state index in [1.54, 1.807) is 0 Å². The zero-order valence-corrected chi connectivity index (χ0v) is 18.3. The average Bonchev–Trinajstić information content (AvgIpc) is 3.24. The van der Waals surface area contributed by atoms with E-state index in [1.807, 2.05) is 18.7 Å². The number of hydrogen-bond donors (Lipinski definition) is 0. The predicted octanol–water partition coefficient (Wildman–Crippen LogP) is 6.54. The summed E-state index contributed by atoms with van der Waals surface area (Å²) in [4.78, 5) is 4.15. The van der Waals surface area contributed by atoms with Gasteiger partial charge in [0, 0.05) is 19.0 Å². The summed E-state index contributed by atoms with van der Waals surface area (Å²) in [6, 6.07) is 0. The molecule has 162 valence electrons. The molecule has 2 rings (SSSR count). The molecule has 1 unspecified atom stereocenters. The van der Waals surface area contributed by atoms with Gasteiger partial charge >= 0.3 is 0 Å². The molecule has 0 saturated heterocycles. The van der Waals surface area contributed by atoms with Gasteiger partial charge in [0.2, 0.25) is 0 Å². The van der Waals surface area contributed by atoms with Crippen molar-refractivity contribution in [3.8, 4) is 0 Å². The summed E-state index contributed by atoms with van der Waals surface area (Å²) < 4.78 is 14.5. The summed E-state index contributed by atoms with van der Waals surface area (Å²) in [7, 11) is 0. The molecule has 1 aliphatic rings. The number of aromatic nitrogens is 2. The van der Waals surface area contributed by atoms with Gasteiger partial charge in [0.1, 0.15) is 0 Å². The number of unbranched alkanes of at least 4 members (excludes halogenated alkanes) is 9. The Labute approximate surface area is 173 Å². The largest absolute Gasteiger partial charge is 0.375 e. The van der Waals surface area contributed by atoms with Crippen LogP contribution in [0.25, 0.3) is 0 Å². The van der Waals surface area contributed by atoms with Gasteiger partial charge in [-0.1, -0.05) is 84.0 Å². The van der Waals surface area contributed by atoms with Crippen LogP contribution >= 0.6 is 0 Å². The first-order valence-corrected chi connectivity index (χ1v) is 12.1. The molecule has 1 aliphatic carbocycles. The van der Waals surface area contributed by atoms with Gasteiger partial charge in [0.25, 0.3) is 0 Å². The van der Waals surface area contributed by atoms with Crippen LogP contribution in [-0.4, -0.2) is 35.0 Å². The molecule has 1 fully saturated rings. The molecule has 0 N–H and O–H groups in total. The highest BCUT2D eigenvalue weighted by Crippen LogP contribution is 2.20. The van der Waals surface area contributed by atoms with Crippen LogP contribution in [0.15, 0.2) is 18.7 Å². The number of hydrogen-bond acceptors (Lipinski definition) is 3. The molecule has 1 aromatic rings. The van der Waals surface area contributed by atoms with E-state index in [9.17, 15) is 0 Å². The smallest absolute Gasteiger partial charge is 0.0987 e. The van der Waals surface area contributed by atoms with Crippen LogP contribution in [-0.2, 0) is 16.0 Å². The van der Waals surface area contributed by atoms with E-state index in [2.05, 4.69) is 16.5 Å². The minimum absolute atomic E-state index is 0.134. The van der Waals surface area contributed by atoms with Crippen molar-refractivity contribution in [3.05, 3.63) is 18.7 Å². The zero-order chi connectivity index (χ0) is 19.7. The highest BCUT2D eigenvalue weighted by molar-refractivity contribution is 4.76. The summed E-state index contributed by atoms with van der Waals surface area (Å²) >= 11 is 0. The van der Waals surface area contributed by atoms with Crippen molar-refractivity contribution in [2.75, 3.05) is 13.2 Å². The normalized spacial score (nSPS) is 16.5. The highest BCUT2D eigenvalue weighted by Gasteiger charge is 2.17. The Morgan fingerprint density at radius 2 is 1.61 bits per heavy atom. The lowest BCUT2D eigenvalue weighted by atomic mass is 9.98. The van der Waals surface area contributed by atoms with Crippen LogP contribution in [0.2, 0.25) is 0 Å². The van der Waals surface area contributed by atoms with Gasteiger partial charge in [0.15, 0.2) is 0 Å². The maximum atomic E-state index is 6.20. The Morgan fingerprint density at radius 3 is 2.25 bits per heavy atom. The summed E-state index contributed by atoms with van der Waals surface area (Å²) in [5.41, 5.74) is 0. The second-order valence-electron chi connectivity index (χ2n) is 8.53. The van der Waals surface area contributed by atoms with E-state index >= 15 is 0 Å². The summed E-state index contributed by atoms with van der Waals surface area (Å²) in [6.07, 6.45) is 26.3. The molecule has 0 bridgehead atoms. The van der Waals surface area contributed by atoms with Gasteiger partial charge < -0.3 is 14.0 Å². The zero-order valence-electron chi connectivity index (χ0n) is 18.3. The number of ether oxygens (including phenoxy) is 2. The predicted molar refractivity (Wildman–Crippen MR) is 117 cm³/mol. The van der Waals surface area contributed by atoms with Crippen molar-refractivity contribution in [1.29, 1.82) is 0 Å². The van der Waals surface area contributed by atoms with Gasteiger partial charge in [-0.25, -0.2) is 4.98 Å². The van der Waals surface area contributed by atoms with Gasteiger partial charge in [0.05, 0.1) is 31.7 Å². The van der Waals surface area contributed by atoms with Crippen molar-refractivity contribution in [2.24, 2.45) is 0 Å². The Hall–Kier alpha value is -0.870. The molecule has 1 aromatic heterocycles. The second kappa shape index (κ2) is 16.0. The first-order valence-electron chi connectivity index (χ1n) is 12.1. The maximum Gasteiger partial charge on any atom is 0.0987 e. The molecule has 1 saturated carbocycles. The summed E-state index contributed by atoms with van der Waals surface area (Å²) in [5, 5.41) is 0. The first kappa shape index (κ1) is 23.4. The number of rotatable bonds is 17. The van der Waals surface area contributed by atoms with Gasteiger partial charge in [-0.05, 0) is 19.3 Å². The molecule has 1 atom stereocenters. The molecule has 0 aliphatic heterocycles. The van der Waals surface area contributed by atoms with Crippen molar-refractivity contribution >= 4 is 0 Å². The van der Waals surface area contributed by atoms with Gasteiger partial charge in [-0.15, -0.1) is 0 Å². The van der Waals surface area contributed by atoms with Crippen LogP contribution in [0.5, 0.6) is 0 Å². The first-order chi connectivity index (χ1) is 13.9. The minimum Gasteiger partial charge on any atom is -0.375 e. The topological polar surface area (TPSA) is 36.3 Å². The van der Waals surface area contributed by atoms with Gasteiger partial charge in [-0.3, -0.25) is 0 Å². The van der Waals surface area contributed by atoms with E-state index in [4.69, 9.17) is 9.47 Å². The van der Waals surface area contributed by atoms with Crippen molar-refractivity contribution in [2.45, 2.75) is 122 Å². The Morgan fingerprint density at radius 1 is 0.929 bits per heavy atom. The van der Waals surface area contributed by atoms with Crippen molar-refractivity contribution < 1.29 is 9.47 Å². The molecule has 1 heterocycles. The lowest BCUT2D eigenvalue weighted by molar-refractivity contribution is -0.0597. The van der Waals surface area contributed by atoms with Crippen LogP contribution in [0.4, 0.5) is 0 Å². The fraction of sp³-hybridized carbons (Fsp3) is 0.875. The third-order valence-electron chi connectivity index (χ3n) is 5.90. The molecule has 0 spiro atoms. The van der Waals surface area contributed by atoms with E-state index < -0.39 is 0 Å². The fourth-order valence-electron chi connectivity index (χ4n) is 4.10. The van der Waals surface area contributed by atoms with E-state index in [0.717, 1.165) is 13.2 Å². The van der Waals surface area contributed by atoms with Crippen LogP contribution in [0, 0.1) is 0 Å². The summed E-state index contributed by atoms with van der Waals surface area (Å²) in [6.45, 7) is 4.68. The summed E-state index contributed by atoms with van der Waals surface area (Å²) in [5.74, 6) is 0. The molecule has 0 aromatic carbocycles. The molecule has 4 nitrogen and oxygen atoms in total. The Balaban J connectivity index is 1.53. The third kappa shape index (κ3) is 11.2. The number of nitrogens with zero attached hydrogens (tertiary/aromatic N) is 2. The van der Waals surface area contributed by atoms with E-state index in [1.165, 1.54) is 96.3 Å². The molecule has 0 radical (unpaired) electrons. The molecule has 0 amide bonds. The fourth-order valence-corrected chi connectivity index (χ4v) is 4.10. The maximum absolute atomic E-state index is 6.20. The Bertz CT molecular complexity index is 443. The highest BCUT2D eigenvalue weighted by atomic mass is 16.5. The number of imidazole rings is 1. The minimum atomic E-state index is 0.134.